The van der Waals surface area contributed by atoms with E-state index < -0.39 is 11.7 Å². The van der Waals surface area contributed by atoms with Crippen molar-refractivity contribution in [1.29, 1.82) is 0 Å². The second kappa shape index (κ2) is 6.67. The minimum Gasteiger partial charge on any atom is -0.444 e. The van der Waals surface area contributed by atoms with Crippen LogP contribution in [0.25, 0.3) is 4.85 Å². The number of alkyl carbamates (subject to hydrolysis) is 1. The van der Waals surface area contributed by atoms with Crippen LogP contribution >= 0.6 is 0 Å². The molecule has 6 heteroatoms. The molecular weight excluding hydrogens is 210 g/mol. The van der Waals surface area contributed by atoms with Crippen molar-refractivity contribution in [2.75, 3.05) is 19.6 Å². The molecule has 0 spiro atoms. The number of ether oxygens (including phenoxy) is 1. The molecule has 0 saturated carbocycles. The molecule has 0 saturated heterocycles. The molecule has 0 bridgehead atoms. The molecule has 0 aromatic heterocycles. The summed E-state index contributed by atoms with van der Waals surface area (Å²) < 4.78 is 4.98. The highest BCUT2D eigenvalue weighted by Crippen LogP contribution is 2.05. The summed E-state index contributed by atoms with van der Waals surface area (Å²) in [6.07, 6.45) is -0.521. The highest BCUT2D eigenvalue weighted by molar-refractivity contribution is 5.79. The van der Waals surface area contributed by atoms with E-state index in [1.807, 2.05) is 0 Å². The Bertz CT molecular complexity index is 289. The Kier molecular flexibility index (Phi) is 5.93. The molecule has 0 aromatic carbocycles. The molecule has 0 heterocycles. The number of carbonyl (C=O) groups is 2. The van der Waals surface area contributed by atoms with Crippen molar-refractivity contribution in [2.24, 2.45) is 0 Å². The first-order valence-electron chi connectivity index (χ1n) is 4.92. The van der Waals surface area contributed by atoms with Crippen LogP contribution in [0.1, 0.15) is 20.8 Å². The lowest BCUT2D eigenvalue weighted by Crippen LogP contribution is -2.38. The zero-order valence-corrected chi connectivity index (χ0v) is 9.79. The first-order chi connectivity index (χ1) is 7.35. The molecular formula is C10H17N3O3. The number of rotatable bonds is 4. The molecule has 6 nitrogen and oxygen atoms in total. The molecule has 0 aliphatic carbocycles. The number of nitrogens with zero attached hydrogens (tertiary/aromatic N) is 1. The summed E-state index contributed by atoms with van der Waals surface area (Å²) in [4.78, 5) is 24.9. The lowest BCUT2D eigenvalue weighted by atomic mass is 10.2. The van der Waals surface area contributed by atoms with Gasteiger partial charge in [-0.2, -0.15) is 0 Å². The molecule has 0 aliphatic rings. The number of amides is 2. The van der Waals surface area contributed by atoms with Gasteiger partial charge in [0.25, 0.3) is 12.5 Å². The van der Waals surface area contributed by atoms with Crippen LogP contribution in [0, 0.1) is 6.57 Å². The fraction of sp³-hybridized carbons (Fsp3) is 0.700. The van der Waals surface area contributed by atoms with Gasteiger partial charge in [0, 0.05) is 13.1 Å². The van der Waals surface area contributed by atoms with E-state index >= 15 is 0 Å². The fourth-order valence-electron chi connectivity index (χ4n) is 0.808. The summed E-state index contributed by atoms with van der Waals surface area (Å²) in [5, 5.41) is 4.96. The summed E-state index contributed by atoms with van der Waals surface area (Å²) in [7, 11) is 0. The van der Waals surface area contributed by atoms with Crippen molar-refractivity contribution in [3.63, 3.8) is 0 Å². The summed E-state index contributed by atoms with van der Waals surface area (Å²) in [6.45, 7) is 12.1. The SMILES string of the molecule is [C-]#[N+]CC(=O)NCCNC(=O)OC(C)(C)C. The first kappa shape index (κ1) is 14.2. The molecule has 0 fully saturated rings. The molecule has 0 atom stereocenters. The van der Waals surface area contributed by atoms with E-state index in [1.165, 1.54) is 0 Å². The summed E-state index contributed by atoms with van der Waals surface area (Å²) in [5.41, 5.74) is -0.530. The highest BCUT2D eigenvalue weighted by Gasteiger charge is 2.15. The lowest BCUT2D eigenvalue weighted by Gasteiger charge is -2.19. The zero-order chi connectivity index (χ0) is 12.6. The molecule has 16 heavy (non-hydrogen) atoms. The molecule has 2 N–H and O–H groups in total. The Morgan fingerprint density at radius 1 is 1.25 bits per heavy atom. The lowest BCUT2D eigenvalue weighted by molar-refractivity contribution is -0.119. The molecule has 2 amide bonds. The van der Waals surface area contributed by atoms with Gasteiger partial charge >= 0.3 is 6.09 Å². The smallest absolute Gasteiger partial charge is 0.407 e. The van der Waals surface area contributed by atoms with Crippen molar-refractivity contribution in [2.45, 2.75) is 26.4 Å². The van der Waals surface area contributed by atoms with Crippen LogP contribution in [0.15, 0.2) is 0 Å². The third-order valence-corrected chi connectivity index (χ3v) is 1.34. The Hall–Kier alpha value is -1.77. The van der Waals surface area contributed by atoms with Crippen LogP contribution in [0.5, 0.6) is 0 Å². The number of carbonyl (C=O) groups excluding carboxylic acids is 2. The van der Waals surface area contributed by atoms with Gasteiger partial charge in [0.05, 0.1) is 0 Å². The van der Waals surface area contributed by atoms with Crippen molar-refractivity contribution in [1.82, 2.24) is 10.6 Å². The van der Waals surface area contributed by atoms with E-state index in [4.69, 9.17) is 11.3 Å². The molecule has 0 rings (SSSR count). The third-order valence-electron chi connectivity index (χ3n) is 1.34. The van der Waals surface area contributed by atoms with Crippen molar-refractivity contribution < 1.29 is 14.3 Å². The maximum atomic E-state index is 11.1. The monoisotopic (exact) mass is 227 g/mol. The predicted octanol–water partition coefficient (Wildman–Crippen LogP) is 0.547. The van der Waals surface area contributed by atoms with Gasteiger partial charge in [-0.25, -0.2) is 11.4 Å². The van der Waals surface area contributed by atoms with E-state index in [9.17, 15) is 9.59 Å². The molecule has 0 aliphatic heterocycles. The number of hydrogen-bond acceptors (Lipinski definition) is 3. The topological polar surface area (TPSA) is 71.8 Å². The second-order valence-corrected chi connectivity index (χ2v) is 4.09. The van der Waals surface area contributed by atoms with Gasteiger partial charge in [-0.15, -0.1) is 0 Å². The molecule has 0 radical (unpaired) electrons. The maximum absolute atomic E-state index is 11.1. The van der Waals surface area contributed by atoms with Gasteiger partial charge in [0.15, 0.2) is 0 Å². The largest absolute Gasteiger partial charge is 0.444 e. The number of nitrogens with one attached hydrogen (secondary N) is 2. The highest BCUT2D eigenvalue weighted by atomic mass is 16.6. The minimum atomic E-state index is -0.530. The van der Waals surface area contributed by atoms with Crippen LogP contribution in [0.2, 0.25) is 0 Å². The fourth-order valence-corrected chi connectivity index (χ4v) is 0.808. The van der Waals surface area contributed by atoms with Crippen molar-refractivity contribution >= 4 is 12.0 Å². The van der Waals surface area contributed by atoms with E-state index in [0.717, 1.165) is 0 Å². The third kappa shape index (κ3) is 8.81. The van der Waals surface area contributed by atoms with E-state index in [-0.39, 0.29) is 25.5 Å². The van der Waals surface area contributed by atoms with E-state index in [2.05, 4.69) is 15.5 Å². The quantitative estimate of drug-likeness (QED) is 0.544. The standard InChI is InChI=1S/C10H17N3O3/c1-10(2,3)16-9(15)13-6-5-12-8(14)7-11-4/h5-7H2,1-3H3,(H,12,14)(H,13,15). The van der Waals surface area contributed by atoms with E-state index in [1.54, 1.807) is 20.8 Å². The Morgan fingerprint density at radius 3 is 2.31 bits per heavy atom. The Labute approximate surface area is 95.2 Å². The predicted molar refractivity (Wildman–Crippen MR) is 58.7 cm³/mol. The first-order valence-corrected chi connectivity index (χ1v) is 4.92. The molecule has 0 aromatic rings. The summed E-state index contributed by atoms with van der Waals surface area (Å²) >= 11 is 0. The average Bonchev–Trinajstić information content (AvgIpc) is 2.10. The summed E-state index contributed by atoms with van der Waals surface area (Å²) in [6, 6.07) is 0. The van der Waals surface area contributed by atoms with E-state index in [0.29, 0.717) is 0 Å². The molecule has 90 valence electrons. The van der Waals surface area contributed by atoms with Gasteiger partial charge < -0.3 is 20.2 Å². The zero-order valence-electron chi connectivity index (χ0n) is 9.79. The number of hydrogen-bond donors (Lipinski definition) is 2. The van der Waals surface area contributed by atoms with Crippen molar-refractivity contribution in [3.05, 3.63) is 11.4 Å². The van der Waals surface area contributed by atoms with Gasteiger partial charge in [0.2, 0.25) is 0 Å². The van der Waals surface area contributed by atoms with Crippen LogP contribution in [0.4, 0.5) is 4.79 Å². The van der Waals surface area contributed by atoms with Crippen LogP contribution in [0.3, 0.4) is 0 Å². The minimum absolute atomic E-state index is 0.188. The maximum Gasteiger partial charge on any atom is 0.407 e. The van der Waals surface area contributed by atoms with Crippen molar-refractivity contribution in [3.8, 4) is 0 Å². The normalized spacial score (nSPS) is 10.1. The van der Waals surface area contributed by atoms with Gasteiger partial charge in [-0.1, -0.05) is 0 Å². The van der Waals surface area contributed by atoms with Crippen LogP contribution in [-0.4, -0.2) is 37.2 Å². The van der Waals surface area contributed by atoms with Gasteiger partial charge in [-0.05, 0) is 20.8 Å². The average molecular weight is 227 g/mol. The van der Waals surface area contributed by atoms with Gasteiger partial charge in [-0.3, -0.25) is 4.79 Å². The summed E-state index contributed by atoms with van der Waals surface area (Å²) in [5.74, 6) is -0.346. The van der Waals surface area contributed by atoms with Gasteiger partial charge in [0.1, 0.15) is 5.60 Å². The Balaban J connectivity index is 3.57. The van der Waals surface area contributed by atoms with Crippen LogP contribution < -0.4 is 10.6 Å². The van der Waals surface area contributed by atoms with Crippen LogP contribution in [-0.2, 0) is 9.53 Å². The second-order valence-electron chi connectivity index (χ2n) is 4.09. The Morgan fingerprint density at radius 2 is 1.81 bits per heavy atom. The molecule has 0 unspecified atom stereocenters.